The number of phenols is 2. The number of nitro groups is 2. The number of nitro benzene ring substituents is 2. The molecular weight excluding hydrogens is 328 g/mol. The summed E-state index contributed by atoms with van der Waals surface area (Å²) in [5, 5.41) is 42.0. The van der Waals surface area contributed by atoms with Crippen LogP contribution < -0.4 is 0 Å². The third-order valence-corrected chi connectivity index (χ3v) is 4.40. The standard InChI is InChI=1S/C17H18N2O6/c1-9-5-11(7-13(15(9)20)18(22)23)17(3,4)12-6-10(2)16(21)14(8-12)19(24)25/h5-8,20-21H,1-4H3. The maximum Gasteiger partial charge on any atom is 0.311 e. The summed E-state index contributed by atoms with van der Waals surface area (Å²) in [5.74, 6) is -0.810. The first kappa shape index (κ1) is 18.2. The first-order chi connectivity index (χ1) is 11.5. The van der Waals surface area contributed by atoms with Crippen LogP contribution in [0.4, 0.5) is 11.4 Å². The Labute approximate surface area is 143 Å². The van der Waals surface area contributed by atoms with E-state index in [0.717, 1.165) is 0 Å². The summed E-state index contributed by atoms with van der Waals surface area (Å²) in [6, 6.07) is 5.74. The zero-order chi connectivity index (χ0) is 19.1. The van der Waals surface area contributed by atoms with E-state index >= 15 is 0 Å². The Bertz CT molecular complexity index is 818. The first-order valence-corrected chi connectivity index (χ1v) is 7.43. The van der Waals surface area contributed by atoms with Crippen molar-refractivity contribution in [3.8, 4) is 11.5 Å². The van der Waals surface area contributed by atoms with Crippen molar-refractivity contribution in [1.82, 2.24) is 0 Å². The second kappa shape index (κ2) is 6.04. The van der Waals surface area contributed by atoms with E-state index in [9.17, 15) is 30.4 Å². The molecule has 0 saturated heterocycles. The zero-order valence-electron chi connectivity index (χ0n) is 14.2. The first-order valence-electron chi connectivity index (χ1n) is 7.43. The van der Waals surface area contributed by atoms with Gasteiger partial charge in [0.2, 0.25) is 0 Å². The van der Waals surface area contributed by atoms with Crippen molar-refractivity contribution in [3.05, 3.63) is 66.7 Å². The molecule has 2 aromatic rings. The normalized spacial score (nSPS) is 11.4. The molecule has 0 saturated carbocycles. The molecule has 0 aliphatic carbocycles. The molecule has 132 valence electrons. The van der Waals surface area contributed by atoms with Gasteiger partial charge in [-0.2, -0.15) is 0 Å². The van der Waals surface area contributed by atoms with Crippen LogP contribution in [-0.2, 0) is 5.41 Å². The molecule has 0 fully saturated rings. The molecule has 8 heteroatoms. The number of rotatable bonds is 4. The van der Waals surface area contributed by atoms with Crippen molar-refractivity contribution >= 4 is 11.4 Å². The summed E-state index contributed by atoms with van der Waals surface area (Å²) in [4.78, 5) is 21.0. The van der Waals surface area contributed by atoms with Gasteiger partial charge in [-0.25, -0.2) is 0 Å². The lowest BCUT2D eigenvalue weighted by molar-refractivity contribution is -0.386. The molecule has 2 aromatic carbocycles. The third-order valence-electron chi connectivity index (χ3n) is 4.40. The quantitative estimate of drug-likeness (QED) is 0.639. The van der Waals surface area contributed by atoms with Crippen LogP contribution in [0.25, 0.3) is 0 Å². The summed E-state index contributed by atoms with van der Waals surface area (Å²) in [5.41, 5.74) is 0.0420. The predicted molar refractivity (Wildman–Crippen MR) is 91.1 cm³/mol. The van der Waals surface area contributed by atoms with E-state index in [4.69, 9.17) is 0 Å². The van der Waals surface area contributed by atoms with Crippen molar-refractivity contribution < 1.29 is 20.1 Å². The van der Waals surface area contributed by atoms with Crippen LogP contribution in [0.1, 0.15) is 36.1 Å². The lowest BCUT2D eigenvalue weighted by atomic mass is 9.76. The van der Waals surface area contributed by atoms with Crippen LogP contribution >= 0.6 is 0 Å². The lowest BCUT2D eigenvalue weighted by Crippen LogP contribution is -2.20. The largest absolute Gasteiger partial charge is 0.502 e. The molecule has 0 heterocycles. The molecule has 2 rings (SSSR count). The number of phenolic OH excluding ortho intramolecular Hbond substituents is 2. The molecule has 0 amide bonds. The highest BCUT2D eigenvalue weighted by atomic mass is 16.6. The minimum atomic E-state index is -0.827. The highest BCUT2D eigenvalue weighted by Gasteiger charge is 2.30. The number of hydrogen-bond acceptors (Lipinski definition) is 6. The van der Waals surface area contributed by atoms with E-state index in [-0.39, 0.29) is 0 Å². The lowest BCUT2D eigenvalue weighted by Gasteiger charge is -2.27. The smallest absolute Gasteiger partial charge is 0.311 e. The van der Waals surface area contributed by atoms with Crippen LogP contribution in [0.15, 0.2) is 24.3 Å². The Hall–Kier alpha value is -3.16. The second-order valence-electron chi connectivity index (χ2n) is 6.46. The maximum absolute atomic E-state index is 11.2. The topological polar surface area (TPSA) is 127 Å². The SMILES string of the molecule is Cc1cc(C(C)(C)c2cc(C)c(O)c([N+](=O)[O-])c2)cc([N+](=O)[O-])c1O. The van der Waals surface area contributed by atoms with Crippen LogP contribution in [0.2, 0.25) is 0 Å². The fourth-order valence-electron chi connectivity index (χ4n) is 2.69. The fourth-order valence-corrected chi connectivity index (χ4v) is 2.69. The predicted octanol–water partition coefficient (Wildman–Crippen LogP) is 3.86. The van der Waals surface area contributed by atoms with Crippen molar-refractivity contribution in [2.75, 3.05) is 0 Å². The average molecular weight is 346 g/mol. The number of aromatic hydroxyl groups is 2. The minimum Gasteiger partial charge on any atom is -0.502 e. The number of nitrogens with zero attached hydrogens (tertiary/aromatic N) is 2. The molecule has 0 aromatic heterocycles. The zero-order valence-corrected chi connectivity index (χ0v) is 14.2. The van der Waals surface area contributed by atoms with E-state index in [0.29, 0.717) is 22.3 Å². The molecule has 2 N–H and O–H groups in total. The van der Waals surface area contributed by atoms with Gasteiger partial charge in [-0.3, -0.25) is 20.2 Å². The van der Waals surface area contributed by atoms with Gasteiger partial charge in [0.1, 0.15) is 0 Å². The second-order valence-corrected chi connectivity index (χ2v) is 6.46. The number of hydrogen-bond donors (Lipinski definition) is 2. The minimum absolute atomic E-state index is 0.335. The van der Waals surface area contributed by atoms with Gasteiger partial charge in [0.25, 0.3) is 0 Å². The Morgan fingerprint density at radius 1 is 0.800 bits per heavy atom. The molecule has 0 aliphatic rings. The summed E-state index contributed by atoms with van der Waals surface area (Å²) < 4.78 is 0. The Morgan fingerprint density at radius 2 is 1.12 bits per heavy atom. The molecule has 0 spiro atoms. The van der Waals surface area contributed by atoms with Crippen LogP contribution in [0.5, 0.6) is 11.5 Å². The Balaban J connectivity index is 2.71. The van der Waals surface area contributed by atoms with Gasteiger partial charge in [0.15, 0.2) is 11.5 Å². The van der Waals surface area contributed by atoms with Gasteiger partial charge in [0, 0.05) is 17.5 Å². The van der Waals surface area contributed by atoms with Gasteiger partial charge in [-0.05, 0) is 36.1 Å². The molecule has 8 nitrogen and oxygen atoms in total. The van der Waals surface area contributed by atoms with E-state index in [1.807, 2.05) is 0 Å². The molecule has 0 atom stereocenters. The van der Waals surface area contributed by atoms with Gasteiger partial charge in [-0.1, -0.05) is 26.0 Å². The summed E-state index contributed by atoms with van der Waals surface area (Å²) in [7, 11) is 0. The van der Waals surface area contributed by atoms with E-state index in [1.54, 1.807) is 39.8 Å². The molecule has 0 bridgehead atoms. The Kier molecular flexibility index (Phi) is 4.40. The van der Waals surface area contributed by atoms with Crippen LogP contribution in [-0.4, -0.2) is 20.1 Å². The van der Waals surface area contributed by atoms with Crippen molar-refractivity contribution in [3.63, 3.8) is 0 Å². The van der Waals surface area contributed by atoms with Gasteiger partial charge in [-0.15, -0.1) is 0 Å². The highest BCUT2D eigenvalue weighted by molar-refractivity contribution is 5.59. The molecule has 25 heavy (non-hydrogen) atoms. The molecule has 0 radical (unpaired) electrons. The summed E-state index contributed by atoms with van der Waals surface area (Å²) >= 11 is 0. The van der Waals surface area contributed by atoms with Crippen LogP contribution in [0.3, 0.4) is 0 Å². The molecule has 0 unspecified atom stereocenters. The highest BCUT2D eigenvalue weighted by Crippen LogP contribution is 2.41. The number of benzene rings is 2. The Morgan fingerprint density at radius 3 is 1.40 bits per heavy atom. The average Bonchev–Trinajstić information content (AvgIpc) is 2.51. The van der Waals surface area contributed by atoms with Crippen molar-refractivity contribution in [2.24, 2.45) is 0 Å². The van der Waals surface area contributed by atoms with E-state index in [2.05, 4.69) is 0 Å². The van der Waals surface area contributed by atoms with Crippen molar-refractivity contribution in [1.29, 1.82) is 0 Å². The number of aryl methyl sites for hydroxylation is 2. The van der Waals surface area contributed by atoms with E-state index < -0.39 is 38.1 Å². The van der Waals surface area contributed by atoms with Gasteiger partial charge < -0.3 is 10.2 Å². The summed E-state index contributed by atoms with van der Waals surface area (Å²) in [6.45, 7) is 6.62. The van der Waals surface area contributed by atoms with Crippen LogP contribution in [0, 0.1) is 34.1 Å². The monoisotopic (exact) mass is 346 g/mol. The molecular formula is C17H18N2O6. The van der Waals surface area contributed by atoms with E-state index in [1.165, 1.54) is 12.1 Å². The van der Waals surface area contributed by atoms with Gasteiger partial charge >= 0.3 is 11.4 Å². The van der Waals surface area contributed by atoms with Crippen molar-refractivity contribution in [2.45, 2.75) is 33.1 Å². The maximum atomic E-state index is 11.2. The fraction of sp³-hybridized carbons (Fsp3) is 0.294. The van der Waals surface area contributed by atoms with Gasteiger partial charge in [0.05, 0.1) is 9.85 Å². The molecule has 0 aliphatic heterocycles. The third kappa shape index (κ3) is 3.10. The summed E-state index contributed by atoms with van der Waals surface area (Å²) in [6.07, 6.45) is 0.